The van der Waals surface area contributed by atoms with E-state index in [4.69, 9.17) is 0 Å². The molecule has 0 N–H and O–H groups in total. The highest BCUT2D eigenvalue weighted by molar-refractivity contribution is 5.02. The maximum Gasteiger partial charge on any atom is -0.0202 e. The third-order valence-corrected chi connectivity index (χ3v) is 4.99. The topological polar surface area (TPSA) is 0 Å². The first kappa shape index (κ1) is 9.00. The Labute approximate surface area is 87.8 Å². The Morgan fingerprint density at radius 1 is 0.786 bits per heavy atom. The van der Waals surface area contributed by atoms with Gasteiger partial charge in [0.15, 0.2) is 0 Å². The molecular weight excluding hydrogens is 168 g/mol. The molecule has 0 saturated heterocycles. The van der Waals surface area contributed by atoms with Gasteiger partial charge in [-0.15, -0.1) is 0 Å². The van der Waals surface area contributed by atoms with Gasteiger partial charge < -0.3 is 0 Å². The van der Waals surface area contributed by atoms with E-state index in [1.807, 2.05) is 0 Å². The number of allylic oxidation sites excluding steroid dienone is 2. The van der Waals surface area contributed by atoms with Crippen LogP contribution in [0, 0.1) is 23.7 Å². The highest BCUT2D eigenvalue weighted by atomic mass is 14.4. The second-order valence-electron chi connectivity index (χ2n) is 5.62. The fourth-order valence-electron chi connectivity index (χ4n) is 4.32. The third-order valence-electron chi connectivity index (χ3n) is 4.99. The predicted octanol–water partition coefficient (Wildman–Crippen LogP) is 4.17. The number of rotatable bonds is 0. The largest absolute Gasteiger partial charge is 0.0882 e. The normalized spacial score (nSPS) is 46.9. The Bertz CT molecular complexity index is 228. The Hall–Kier alpha value is -0.260. The summed E-state index contributed by atoms with van der Waals surface area (Å²) in [7, 11) is 0. The lowest BCUT2D eigenvalue weighted by Crippen LogP contribution is -2.36. The van der Waals surface area contributed by atoms with Crippen LogP contribution in [0.1, 0.15) is 51.4 Å². The standard InChI is InChI=1S/C14H22/c1-3-7-13-11(5-1)9-10-12-6-2-4-8-14(12)13/h1,5,11-14H,2-4,6-10H2. The van der Waals surface area contributed by atoms with E-state index in [9.17, 15) is 0 Å². The molecule has 0 aromatic heterocycles. The fourth-order valence-corrected chi connectivity index (χ4v) is 4.32. The first-order chi connectivity index (χ1) is 6.95. The van der Waals surface area contributed by atoms with Crippen LogP contribution in [0.5, 0.6) is 0 Å². The molecule has 0 nitrogen and oxygen atoms in total. The van der Waals surface area contributed by atoms with Crippen molar-refractivity contribution in [1.29, 1.82) is 0 Å². The fraction of sp³-hybridized carbons (Fsp3) is 0.857. The zero-order valence-electron chi connectivity index (χ0n) is 9.12. The van der Waals surface area contributed by atoms with Gasteiger partial charge in [-0.05, 0) is 55.8 Å². The van der Waals surface area contributed by atoms with Gasteiger partial charge in [0.25, 0.3) is 0 Å². The maximum atomic E-state index is 2.54. The molecule has 0 radical (unpaired) electrons. The molecular formula is C14H22. The molecule has 0 bridgehead atoms. The molecule has 2 saturated carbocycles. The van der Waals surface area contributed by atoms with Crippen LogP contribution in [0.25, 0.3) is 0 Å². The minimum Gasteiger partial charge on any atom is -0.0882 e. The maximum absolute atomic E-state index is 2.54. The minimum atomic E-state index is 0.975. The van der Waals surface area contributed by atoms with Gasteiger partial charge in [-0.25, -0.2) is 0 Å². The van der Waals surface area contributed by atoms with Crippen LogP contribution in [0.2, 0.25) is 0 Å². The van der Waals surface area contributed by atoms with E-state index in [0.29, 0.717) is 0 Å². The average molecular weight is 190 g/mol. The van der Waals surface area contributed by atoms with Gasteiger partial charge in [-0.2, -0.15) is 0 Å². The van der Waals surface area contributed by atoms with Crippen LogP contribution in [-0.4, -0.2) is 0 Å². The van der Waals surface area contributed by atoms with Crippen molar-refractivity contribution in [1.82, 2.24) is 0 Å². The van der Waals surface area contributed by atoms with E-state index in [2.05, 4.69) is 12.2 Å². The van der Waals surface area contributed by atoms with Gasteiger partial charge in [0, 0.05) is 0 Å². The molecule has 0 aromatic carbocycles. The van der Waals surface area contributed by atoms with Gasteiger partial charge >= 0.3 is 0 Å². The average Bonchev–Trinajstić information content (AvgIpc) is 2.29. The van der Waals surface area contributed by atoms with Crippen molar-refractivity contribution < 1.29 is 0 Å². The summed E-state index contributed by atoms with van der Waals surface area (Å²) < 4.78 is 0. The Morgan fingerprint density at radius 3 is 2.71 bits per heavy atom. The van der Waals surface area contributed by atoms with Gasteiger partial charge in [-0.1, -0.05) is 31.4 Å². The third kappa shape index (κ3) is 1.43. The highest BCUT2D eigenvalue weighted by Crippen LogP contribution is 2.49. The van der Waals surface area contributed by atoms with Crippen molar-refractivity contribution in [2.75, 3.05) is 0 Å². The lowest BCUT2D eigenvalue weighted by atomic mass is 9.59. The second-order valence-corrected chi connectivity index (χ2v) is 5.62. The van der Waals surface area contributed by atoms with E-state index in [1.54, 1.807) is 12.8 Å². The van der Waals surface area contributed by atoms with Crippen LogP contribution in [-0.2, 0) is 0 Å². The number of hydrogen-bond acceptors (Lipinski definition) is 0. The molecule has 0 spiro atoms. The SMILES string of the molecule is C1=CC2CCC3CCCCC3C2CC1. The Kier molecular flexibility index (Phi) is 2.39. The van der Waals surface area contributed by atoms with Gasteiger partial charge in [-0.3, -0.25) is 0 Å². The molecule has 0 aromatic rings. The summed E-state index contributed by atoms with van der Waals surface area (Å²) in [5, 5.41) is 0. The summed E-state index contributed by atoms with van der Waals surface area (Å²) in [4.78, 5) is 0. The van der Waals surface area contributed by atoms with Crippen LogP contribution in [0.4, 0.5) is 0 Å². The number of fused-ring (bicyclic) bond motifs is 3. The molecule has 3 aliphatic carbocycles. The van der Waals surface area contributed by atoms with E-state index in [1.165, 1.54) is 38.5 Å². The molecule has 2 fully saturated rings. The number of hydrogen-bond donors (Lipinski definition) is 0. The smallest absolute Gasteiger partial charge is 0.0202 e. The van der Waals surface area contributed by atoms with Crippen molar-refractivity contribution in [3.8, 4) is 0 Å². The van der Waals surface area contributed by atoms with E-state index >= 15 is 0 Å². The summed E-state index contributed by atoms with van der Waals surface area (Å²) in [6.45, 7) is 0. The molecule has 0 heterocycles. The molecule has 0 heteroatoms. The molecule has 4 atom stereocenters. The van der Waals surface area contributed by atoms with Crippen molar-refractivity contribution in [2.24, 2.45) is 23.7 Å². The van der Waals surface area contributed by atoms with Gasteiger partial charge in [0.05, 0.1) is 0 Å². The Morgan fingerprint density at radius 2 is 1.71 bits per heavy atom. The molecule has 0 amide bonds. The molecule has 3 aliphatic rings. The predicted molar refractivity (Wildman–Crippen MR) is 60.0 cm³/mol. The van der Waals surface area contributed by atoms with Crippen LogP contribution in [0.15, 0.2) is 12.2 Å². The molecule has 78 valence electrons. The zero-order chi connectivity index (χ0) is 9.38. The Balaban J connectivity index is 1.79. The van der Waals surface area contributed by atoms with Crippen LogP contribution >= 0.6 is 0 Å². The van der Waals surface area contributed by atoms with Crippen LogP contribution < -0.4 is 0 Å². The van der Waals surface area contributed by atoms with Crippen molar-refractivity contribution in [2.45, 2.75) is 51.4 Å². The second kappa shape index (κ2) is 3.72. The summed E-state index contributed by atoms with van der Waals surface area (Å²) in [6.07, 6.45) is 17.0. The summed E-state index contributed by atoms with van der Waals surface area (Å²) in [5.74, 6) is 4.30. The van der Waals surface area contributed by atoms with Crippen LogP contribution in [0.3, 0.4) is 0 Å². The first-order valence-corrected chi connectivity index (χ1v) is 6.62. The molecule has 3 rings (SSSR count). The van der Waals surface area contributed by atoms with E-state index in [0.717, 1.165) is 23.7 Å². The summed E-state index contributed by atoms with van der Waals surface area (Å²) >= 11 is 0. The zero-order valence-corrected chi connectivity index (χ0v) is 9.12. The lowest BCUT2D eigenvalue weighted by molar-refractivity contribution is 0.0644. The van der Waals surface area contributed by atoms with E-state index in [-0.39, 0.29) is 0 Å². The molecule has 14 heavy (non-hydrogen) atoms. The monoisotopic (exact) mass is 190 g/mol. The van der Waals surface area contributed by atoms with Gasteiger partial charge in [0.1, 0.15) is 0 Å². The summed E-state index contributed by atoms with van der Waals surface area (Å²) in [5.41, 5.74) is 0. The van der Waals surface area contributed by atoms with Crippen molar-refractivity contribution in [3.63, 3.8) is 0 Å². The van der Waals surface area contributed by atoms with E-state index < -0.39 is 0 Å². The quantitative estimate of drug-likeness (QED) is 0.503. The first-order valence-electron chi connectivity index (χ1n) is 6.62. The molecule has 0 aliphatic heterocycles. The molecule has 4 unspecified atom stereocenters. The van der Waals surface area contributed by atoms with Crippen molar-refractivity contribution in [3.05, 3.63) is 12.2 Å². The summed E-state index contributed by atoms with van der Waals surface area (Å²) in [6, 6.07) is 0. The lowest BCUT2D eigenvalue weighted by Gasteiger charge is -2.46. The highest BCUT2D eigenvalue weighted by Gasteiger charge is 2.39. The van der Waals surface area contributed by atoms with Gasteiger partial charge in [0.2, 0.25) is 0 Å². The minimum absolute atomic E-state index is 0.975. The van der Waals surface area contributed by atoms with Crippen molar-refractivity contribution >= 4 is 0 Å².